The normalized spacial score (nSPS) is 20.4. The average molecular weight is 236 g/mol. The standard InChI is InChI=1S/C13H24N4/c1-13(2,17-8-6-15-7-9-17)10-11(14)12-4-3-5-16-12/h3-5,11,15-16H,6-10,14H2,1-2H3. The van der Waals surface area contributed by atoms with E-state index in [2.05, 4.69) is 35.1 Å². The maximum Gasteiger partial charge on any atom is 0.0465 e. The van der Waals surface area contributed by atoms with E-state index in [0.29, 0.717) is 0 Å². The number of nitrogens with two attached hydrogens (primary N) is 1. The molecular formula is C13H24N4. The fourth-order valence-corrected chi connectivity index (χ4v) is 2.62. The molecule has 0 aromatic carbocycles. The maximum atomic E-state index is 6.26. The van der Waals surface area contributed by atoms with E-state index < -0.39 is 0 Å². The quantitative estimate of drug-likeness (QED) is 0.733. The van der Waals surface area contributed by atoms with Crippen molar-refractivity contribution in [2.24, 2.45) is 5.73 Å². The van der Waals surface area contributed by atoms with Gasteiger partial charge in [0.1, 0.15) is 0 Å². The first-order valence-electron chi connectivity index (χ1n) is 6.44. The zero-order chi connectivity index (χ0) is 12.3. The average Bonchev–Trinajstić information content (AvgIpc) is 2.83. The van der Waals surface area contributed by atoms with Crippen LogP contribution in [-0.2, 0) is 0 Å². The monoisotopic (exact) mass is 236 g/mol. The Morgan fingerprint density at radius 2 is 2.12 bits per heavy atom. The number of H-pyrrole nitrogens is 1. The number of piperazine rings is 1. The Morgan fingerprint density at radius 3 is 2.71 bits per heavy atom. The Balaban J connectivity index is 1.96. The van der Waals surface area contributed by atoms with Crippen molar-refractivity contribution in [1.29, 1.82) is 0 Å². The van der Waals surface area contributed by atoms with Crippen molar-refractivity contribution in [2.75, 3.05) is 26.2 Å². The molecule has 0 bridgehead atoms. The molecule has 0 aliphatic carbocycles. The van der Waals surface area contributed by atoms with Crippen LogP contribution in [0.4, 0.5) is 0 Å². The van der Waals surface area contributed by atoms with Gasteiger partial charge in [-0.05, 0) is 32.4 Å². The Kier molecular flexibility index (Phi) is 3.86. The summed E-state index contributed by atoms with van der Waals surface area (Å²) < 4.78 is 0. The molecule has 2 rings (SSSR count). The van der Waals surface area contributed by atoms with Crippen molar-refractivity contribution in [3.05, 3.63) is 24.0 Å². The molecule has 1 unspecified atom stereocenters. The first-order valence-corrected chi connectivity index (χ1v) is 6.44. The second-order valence-electron chi connectivity index (χ2n) is 5.49. The molecule has 17 heavy (non-hydrogen) atoms. The van der Waals surface area contributed by atoms with Crippen molar-refractivity contribution in [3.63, 3.8) is 0 Å². The third-order valence-corrected chi connectivity index (χ3v) is 3.71. The van der Waals surface area contributed by atoms with Gasteiger partial charge in [-0.2, -0.15) is 0 Å². The first kappa shape index (κ1) is 12.6. The van der Waals surface area contributed by atoms with Crippen molar-refractivity contribution in [1.82, 2.24) is 15.2 Å². The lowest BCUT2D eigenvalue weighted by Crippen LogP contribution is -2.54. The third-order valence-electron chi connectivity index (χ3n) is 3.71. The van der Waals surface area contributed by atoms with Gasteiger partial charge in [0.15, 0.2) is 0 Å². The molecule has 4 nitrogen and oxygen atoms in total. The number of nitrogens with one attached hydrogen (secondary N) is 2. The topological polar surface area (TPSA) is 57.1 Å². The summed E-state index contributed by atoms with van der Waals surface area (Å²) >= 11 is 0. The summed E-state index contributed by atoms with van der Waals surface area (Å²) in [5.74, 6) is 0. The van der Waals surface area contributed by atoms with Gasteiger partial charge in [0.2, 0.25) is 0 Å². The molecule has 0 spiro atoms. The van der Waals surface area contributed by atoms with Crippen LogP contribution in [0.2, 0.25) is 0 Å². The molecular weight excluding hydrogens is 212 g/mol. The predicted molar refractivity (Wildman–Crippen MR) is 70.9 cm³/mol. The van der Waals surface area contributed by atoms with Crippen molar-refractivity contribution >= 4 is 0 Å². The fraction of sp³-hybridized carbons (Fsp3) is 0.692. The summed E-state index contributed by atoms with van der Waals surface area (Å²) in [6.45, 7) is 8.99. The van der Waals surface area contributed by atoms with Gasteiger partial charge >= 0.3 is 0 Å². The molecule has 1 aromatic rings. The molecule has 2 heterocycles. The lowest BCUT2D eigenvalue weighted by Gasteiger charge is -2.42. The van der Waals surface area contributed by atoms with E-state index in [1.807, 2.05) is 12.3 Å². The lowest BCUT2D eigenvalue weighted by atomic mass is 9.91. The van der Waals surface area contributed by atoms with Crippen LogP contribution in [0.15, 0.2) is 18.3 Å². The number of aromatic amines is 1. The summed E-state index contributed by atoms with van der Waals surface area (Å²) in [7, 11) is 0. The molecule has 96 valence electrons. The summed E-state index contributed by atoms with van der Waals surface area (Å²) in [6, 6.07) is 4.17. The number of hydrogen-bond donors (Lipinski definition) is 3. The van der Waals surface area contributed by atoms with Gasteiger partial charge in [-0.3, -0.25) is 4.90 Å². The number of aromatic nitrogens is 1. The Morgan fingerprint density at radius 1 is 1.41 bits per heavy atom. The zero-order valence-corrected chi connectivity index (χ0v) is 10.9. The minimum absolute atomic E-state index is 0.0925. The van der Waals surface area contributed by atoms with E-state index in [-0.39, 0.29) is 11.6 Å². The number of nitrogens with zero attached hydrogens (tertiary/aromatic N) is 1. The number of hydrogen-bond acceptors (Lipinski definition) is 3. The maximum absolute atomic E-state index is 6.26. The smallest absolute Gasteiger partial charge is 0.0465 e. The van der Waals surface area contributed by atoms with Crippen molar-refractivity contribution in [2.45, 2.75) is 31.8 Å². The second kappa shape index (κ2) is 5.21. The highest BCUT2D eigenvalue weighted by atomic mass is 15.2. The SMILES string of the molecule is CC(C)(CC(N)c1ccc[nH]1)N1CCNCC1. The Hall–Kier alpha value is -0.840. The zero-order valence-electron chi connectivity index (χ0n) is 10.9. The molecule has 0 radical (unpaired) electrons. The van der Waals surface area contributed by atoms with Gasteiger partial charge in [0.05, 0.1) is 0 Å². The Labute approximate surface area is 104 Å². The van der Waals surface area contributed by atoms with Crippen LogP contribution in [0.5, 0.6) is 0 Å². The van der Waals surface area contributed by atoms with E-state index in [1.54, 1.807) is 0 Å². The highest BCUT2D eigenvalue weighted by Gasteiger charge is 2.30. The molecule has 0 saturated carbocycles. The summed E-state index contributed by atoms with van der Waals surface area (Å²) in [4.78, 5) is 5.74. The van der Waals surface area contributed by atoms with Crippen LogP contribution in [0.1, 0.15) is 32.0 Å². The lowest BCUT2D eigenvalue weighted by molar-refractivity contribution is 0.0890. The highest BCUT2D eigenvalue weighted by Crippen LogP contribution is 2.26. The highest BCUT2D eigenvalue weighted by molar-refractivity contribution is 5.09. The molecule has 1 aliphatic rings. The Bertz CT molecular complexity index is 325. The van der Waals surface area contributed by atoms with E-state index in [0.717, 1.165) is 38.3 Å². The second-order valence-corrected chi connectivity index (χ2v) is 5.49. The molecule has 1 aliphatic heterocycles. The number of rotatable bonds is 4. The van der Waals surface area contributed by atoms with Crippen LogP contribution in [0.3, 0.4) is 0 Å². The van der Waals surface area contributed by atoms with E-state index in [4.69, 9.17) is 5.73 Å². The minimum atomic E-state index is 0.0925. The predicted octanol–water partition coefficient (Wildman–Crippen LogP) is 1.09. The van der Waals surface area contributed by atoms with Crippen LogP contribution >= 0.6 is 0 Å². The summed E-state index contributed by atoms with van der Waals surface area (Å²) in [5.41, 5.74) is 7.55. The van der Waals surface area contributed by atoms with Crippen LogP contribution in [0, 0.1) is 0 Å². The van der Waals surface area contributed by atoms with Crippen LogP contribution < -0.4 is 11.1 Å². The molecule has 1 atom stereocenters. The third kappa shape index (κ3) is 3.09. The molecule has 0 amide bonds. The molecule has 4 N–H and O–H groups in total. The van der Waals surface area contributed by atoms with Crippen molar-refractivity contribution in [3.8, 4) is 0 Å². The van der Waals surface area contributed by atoms with Gasteiger partial charge < -0.3 is 16.0 Å². The van der Waals surface area contributed by atoms with Gasteiger partial charge in [-0.25, -0.2) is 0 Å². The van der Waals surface area contributed by atoms with E-state index in [1.165, 1.54) is 0 Å². The van der Waals surface area contributed by atoms with Gasteiger partial charge in [0, 0.05) is 49.7 Å². The van der Waals surface area contributed by atoms with Gasteiger partial charge in [0.25, 0.3) is 0 Å². The van der Waals surface area contributed by atoms with Gasteiger partial charge in [-0.1, -0.05) is 0 Å². The largest absolute Gasteiger partial charge is 0.364 e. The fourth-order valence-electron chi connectivity index (χ4n) is 2.62. The van der Waals surface area contributed by atoms with E-state index >= 15 is 0 Å². The molecule has 1 aromatic heterocycles. The van der Waals surface area contributed by atoms with Crippen molar-refractivity contribution < 1.29 is 0 Å². The minimum Gasteiger partial charge on any atom is -0.364 e. The van der Waals surface area contributed by atoms with E-state index in [9.17, 15) is 0 Å². The summed E-state index contributed by atoms with van der Waals surface area (Å²) in [5, 5.41) is 3.39. The first-order chi connectivity index (χ1) is 8.09. The van der Waals surface area contributed by atoms with Crippen LogP contribution in [0.25, 0.3) is 0 Å². The molecule has 1 fully saturated rings. The van der Waals surface area contributed by atoms with Crippen LogP contribution in [-0.4, -0.2) is 41.6 Å². The molecule has 1 saturated heterocycles. The molecule has 4 heteroatoms. The summed E-state index contributed by atoms with van der Waals surface area (Å²) in [6.07, 6.45) is 2.92. The van der Waals surface area contributed by atoms with Gasteiger partial charge in [-0.15, -0.1) is 0 Å².